The average molecular weight is 194 g/mol. The smallest absolute Gasteiger partial charge is 0.147 e. The second kappa shape index (κ2) is 4.26. The van der Waals surface area contributed by atoms with E-state index in [1.807, 2.05) is 0 Å². The number of anilines is 2. The lowest BCUT2D eigenvalue weighted by molar-refractivity contribution is 0.509. The van der Waals surface area contributed by atoms with Crippen molar-refractivity contribution in [3.8, 4) is 0 Å². The molecule has 0 radical (unpaired) electrons. The molecule has 3 N–H and O–H groups in total. The third kappa shape index (κ3) is 3.20. The van der Waals surface area contributed by atoms with E-state index in [0.29, 0.717) is 5.82 Å². The van der Waals surface area contributed by atoms with Crippen LogP contribution in [0, 0.1) is 0 Å². The minimum Gasteiger partial charge on any atom is -0.382 e. The van der Waals surface area contributed by atoms with Gasteiger partial charge in [0.25, 0.3) is 0 Å². The van der Waals surface area contributed by atoms with Gasteiger partial charge in [-0.05, 0) is 20.3 Å². The summed E-state index contributed by atoms with van der Waals surface area (Å²) in [7, 11) is 0. The lowest BCUT2D eigenvalue weighted by Crippen LogP contribution is -2.31. The largest absolute Gasteiger partial charge is 0.382 e. The summed E-state index contributed by atoms with van der Waals surface area (Å²) in [6.07, 6.45) is 5.45. The van der Waals surface area contributed by atoms with Gasteiger partial charge in [0.15, 0.2) is 0 Å². The highest BCUT2D eigenvalue weighted by Gasteiger charge is 2.16. The predicted octanol–water partition coefficient (Wildman–Crippen LogP) is 2.05. The summed E-state index contributed by atoms with van der Waals surface area (Å²) in [5.41, 5.74) is 5.58. The number of rotatable bonds is 4. The van der Waals surface area contributed by atoms with E-state index in [0.717, 1.165) is 18.7 Å². The van der Waals surface area contributed by atoms with E-state index in [1.165, 1.54) is 6.20 Å². The van der Waals surface area contributed by atoms with E-state index >= 15 is 0 Å². The van der Waals surface area contributed by atoms with Crippen molar-refractivity contribution in [1.29, 1.82) is 0 Å². The highest BCUT2D eigenvalue weighted by Crippen LogP contribution is 2.17. The number of nitrogens with zero attached hydrogens (tertiary/aromatic N) is 2. The average Bonchev–Trinajstić information content (AvgIpc) is 2.02. The van der Waals surface area contributed by atoms with Crippen LogP contribution in [0.25, 0.3) is 0 Å². The number of hydrogen-bond donors (Lipinski definition) is 2. The third-order valence-corrected chi connectivity index (χ3v) is 1.99. The van der Waals surface area contributed by atoms with Crippen molar-refractivity contribution in [2.75, 3.05) is 11.1 Å². The highest BCUT2D eigenvalue weighted by molar-refractivity contribution is 5.40. The molecule has 4 heteroatoms. The number of nitrogens with two attached hydrogens (primary N) is 1. The van der Waals surface area contributed by atoms with Crippen LogP contribution in [0.3, 0.4) is 0 Å². The van der Waals surface area contributed by atoms with Crippen molar-refractivity contribution in [3.63, 3.8) is 0 Å². The van der Waals surface area contributed by atoms with Gasteiger partial charge in [-0.3, -0.25) is 4.98 Å². The van der Waals surface area contributed by atoms with Crippen LogP contribution in [-0.2, 0) is 0 Å². The van der Waals surface area contributed by atoms with E-state index in [-0.39, 0.29) is 5.54 Å². The lowest BCUT2D eigenvalue weighted by atomic mass is 9.99. The molecule has 78 valence electrons. The molecule has 0 atom stereocenters. The number of nitrogens with one attached hydrogen (secondary N) is 1. The zero-order chi connectivity index (χ0) is 10.6. The van der Waals surface area contributed by atoms with E-state index in [1.54, 1.807) is 6.20 Å². The Bertz CT molecular complexity index is 296. The van der Waals surface area contributed by atoms with Crippen molar-refractivity contribution < 1.29 is 0 Å². The van der Waals surface area contributed by atoms with Gasteiger partial charge in [0.05, 0.1) is 12.4 Å². The van der Waals surface area contributed by atoms with Gasteiger partial charge in [0.2, 0.25) is 0 Å². The van der Waals surface area contributed by atoms with Crippen LogP contribution in [0.2, 0.25) is 0 Å². The fourth-order valence-electron chi connectivity index (χ4n) is 1.48. The summed E-state index contributed by atoms with van der Waals surface area (Å²) in [6.45, 7) is 6.44. The summed E-state index contributed by atoms with van der Waals surface area (Å²) in [4.78, 5) is 8.12. The molecular formula is C10H18N4. The van der Waals surface area contributed by atoms with Gasteiger partial charge in [0.1, 0.15) is 11.6 Å². The molecule has 0 aliphatic heterocycles. The molecule has 1 rings (SSSR count). The first kappa shape index (κ1) is 10.8. The molecule has 1 heterocycles. The third-order valence-electron chi connectivity index (χ3n) is 1.99. The molecule has 0 amide bonds. The van der Waals surface area contributed by atoms with Gasteiger partial charge in [0, 0.05) is 5.54 Å². The fourth-order valence-corrected chi connectivity index (χ4v) is 1.48. The quantitative estimate of drug-likeness (QED) is 0.770. The summed E-state index contributed by atoms with van der Waals surface area (Å²) >= 11 is 0. The number of aromatic nitrogens is 2. The van der Waals surface area contributed by atoms with Crippen LogP contribution in [0.1, 0.15) is 33.6 Å². The van der Waals surface area contributed by atoms with Crippen molar-refractivity contribution >= 4 is 11.6 Å². The number of hydrogen-bond acceptors (Lipinski definition) is 4. The Labute approximate surface area is 85.0 Å². The summed E-state index contributed by atoms with van der Waals surface area (Å²) in [5.74, 6) is 1.19. The van der Waals surface area contributed by atoms with Crippen molar-refractivity contribution in [2.45, 2.75) is 39.2 Å². The first-order valence-corrected chi connectivity index (χ1v) is 4.89. The van der Waals surface area contributed by atoms with Gasteiger partial charge >= 0.3 is 0 Å². The maximum Gasteiger partial charge on any atom is 0.147 e. The molecule has 0 aromatic carbocycles. The summed E-state index contributed by atoms with van der Waals surface area (Å²) in [5, 5.41) is 3.31. The topological polar surface area (TPSA) is 63.8 Å². The van der Waals surface area contributed by atoms with Crippen molar-refractivity contribution in [1.82, 2.24) is 9.97 Å². The first-order chi connectivity index (χ1) is 6.53. The van der Waals surface area contributed by atoms with E-state index in [9.17, 15) is 0 Å². The minimum absolute atomic E-state index is 0.0389. The highest BCUT2D eigenvalue weighted by atomic mass is 15.1. The molecule has 0 fully saturated rings. The molecule has 1 aromatic heterocycles. The molecule has 14 heavy (non-hydrogen) atoms. The number of nitrogen functional groups attached to an aromatic ring is 1. The first-order valence-electron chi connectivity index (χ1n) is 4.89. The van der Waals surface area contributed by atoms with Gasteiger partial charge in [-0.25, -0.2) is 4.98 Å². The van der Waals surface area contributed by atoms with Crippen LogP contribution >= 0.6 is 0 Å². The molecule has 4 nitrogen and oxygen atoms in total. The van der Waals surface area contributed by atoms with Crippen LogP contribution in [0.15, 0.2) is 12.4 Å². The van der Waals surface area contributed by atoms with Crippen LogP contribution in [0.5, 0.6) is 0 Å². The van der Waals surface area contributed by atoms with Crippen LogP contribution in [-0.4, -0.2) is 15.5 Å². The second-order valence-electron chi connectivity index (χ2n) is 4.09. The lowest BCUT2D eigenvalue weighted by Gasteiger charge is -2.26. The van der Waals surface area contributed by atoms with E-state index in [4.69, 9.17) is 5.73 Å². The van der Waals surface area contributed by atoms with Crippen LogP contribution in [0.4, 0.5) is 11.6 Å². The Balaban J connectivity index is 2.68. The molecule has 1 aromatic rings. The Hall–Kier alpha value is -1.32. The van der Waals surface area contributed by atoms with E-state index in [2.05, 4.69) is 36.1 Å². The molecule has 0 saturated heterocycles. The summed E-state index contributed by atoms with van der Waals surface area (Å²) < 4.78 is 0. The van der Waals surface area contributed by atoms with Crippen molar-refractivity contribution in [3.05, 3.63) is 12.4 Å². The monoisotopic (exact) mass is 194 g/mol. The Morgan fingerprint density at radius 2 is 2.14 bits per heavy atom. The molecular weight excluding hydrogens is 176 g/mol. The molecule has 0 unspecified atom stereocenters. The van der Waals surface area contributed by atoms with Gasteiger partial charge < -0.3 is 11.1 Å². The van der Waals surface area contributed by atoms with Crippen molar-refractivity contribution in [2.24, 2.45) is 0 Å². The molecule has 0 spiro atoms. The molecule has 0 aliphatic rings. The fraction of sp³-hybridized carbons (Fsp3) is 0.600. The standard InChI is InChI=1S/C10H18N4/c1-4-5-10(2,3)14-9-7-12-6-8(11)13-9/h6-7H,4-5H2,1-3H3,(H3,11,13,14). The normalized spacial score (nSPS) is 11.4. The van der Waals surface area contributed by atoms with Gasteiger partial charge in [-0.1, -0.05) is 13.3 Å². The molecule has 0 aliphatic carbocycles. The second-order valence-corrected chi connectivity index (χ2v) is 4.09. The van der Waals surface area contributed by atoms with E-state index < -0.39 is 0 Å². The zero-order valence-corrected chi connectivity index (χ0v) is 9.04. The molecule has 0 bridgehead atoms. The SMILES string of the molecule is CCCC(C)(C)Nc1cncc(N)n1. The Morgan fingerprint density at radius 3 is 2.71 bits per heavy atom. The Kier molecular flexibility index (Phi) is 3.28. The summed E-state index contributed by atoms with van der Waals surface area (Å²) in [6, 6.07) is 0. The predicted molar refractivity (Wildman–Crippen MR) is 59.1 cm³/mol. The van der Waals surface area contributed by atoms with Gasteiger partial charge in [-0.15, -0.1) is 0 Å². The molecule has 0 saturated carbocycles. The maximum atomic E-state index is 5.54. The maximum absolute atomic E-state index is 5.54. The Morgan fingerprint density at radius 1 is 1.43 bits per heavy atom. The minimum atomic E-state index is 0.0389. The van der Waals surface area contributed by atoms with Crippen LogP contribution < -0.4 is 11.1 Å². The zero-order valence-electron chi connectivity index (χ0n) is 9.04. The van der Waals surface area contributed by atoms with Gasteiger partial charge in [-0.2, -0.15) is 0 Å².